The molecule has 15 heavy (non-hydrogen) atoms. The van der Waals surface area contributed by atoms with Crippen LogP contribution in [0.3, 0.4) is 0 Å². The third kappa shape index (κ3) is 4.98. The van der Waals surface area contributed by atoms with Crippen molar-refractivity contribution in [3.05, 3.63) is 52.2 Å². The van der Waals surface area contributed by atoms with Gasteiger partial charge in [0, 0.05) is 4.47 Å². The van der Waals surface area contributed by atoms with E-state index in [1.54, 1.807) is 0 Å². The first kappa shape index (κ1) is 12.3. The summed E-state index contributed by atoms with van der Waals surface area (Å²) in [5, 5.41) is 0. The summed E-state index contributed by atoms with van der Waals surface area (Å²) >= 11 is 3.48. The third-order valence-corrected chi connectivity index (χ3v) is 2.63. The Hall–Kier alpha value is -0.820. The van der Waals surface area contributed by atoms with Gasteiger partial charge in [0.25, 0.3) is 0 Å². The predicted molar refractivity (Wildman–Crippen MR) is 66.7 cm³/mol. The molecule has 1 nitrogen and oxygen atoms in total. The zero-order chi connectivity index (χ0) is 10.9. The van der Waals surface area contributed by atoms with Crippen LogP contribution in [0.4, 0.5) is 0 Å². The van der Waals surface area contributed by atoms with Crippen molar-refractivity contribution in [1.29, 1.82) is 0 Å². The first-order chi connectivity index (χ1) is 7.34. The van der Waals surface area contributed by atoms with Crippen LogP contribution >= 0.6 is 15.9 Å². The van der Waals surface area contributed by atoms with Crippen molar-refractivity contribution >= 4 is 15.9 Å². The minimum absolute atomic E-state index is 0.609. The molecule has 0 radical (unpaired) electrons. The molecule has 1 aromatic carbocycles. The average Bonchev–Trinajstić information content (AvgIpc) is 2.25. The molecular formula is C13H15BrO. The topological polar surface area (TPSA) is 9.23 Å². The fraction of sp³-hybridized carbons (Fsp3) is 0.308. The van der Waals surface area contributed by atoms with Gasteiger partial charge in [-0.3, -0.25) is 0 Å². The number of benzene rings is 1. The van der Waals surface area contributed by atoms with E-state index in [-0.39, 0.29) is 0 Å². The lowest BCUT2D eigenvalue weighted by Crippen LogP contribution is -1.93. The summed E-state index contributed by atoms with van der Waals surface area (Å²) in [6.45, 7) is 3.33. The smallest absolute Gasteiger partial charge is 0.0732 e. The largest absolute Gasteiger partial charge is 0.372 e. The van der Waals surface area contributed by atoms with Crippen LogP contribution in [-0.4, -0.2) is 6.61 Å². The molecule has 0 unspecified atom stereocenters. The Balaban J connectivity index is 2.32. The molecule has 0 saturated carbocycles. The molecule has 0 fully saturated rings. The van der Waals surface area contributed by atoms with Gasteiger partial charge in [0.15, 0.2) is 0 Å². The maximum absolute atomic E-state index is 5.48. The lowest BCUT2D eigenvalue weighted by Gasteiger charge is -2.03. The molecule has 0 heterocycles. The Morgan fingerprint density at radius 2 is 2.13 bits per heavy atom. The molecule has 0 aliphatic rings. The Morgan fingerprint density at radius 3 is 2.87 bits per heavy atom. The molecule has 1 aromatic rings. The molecule has 0 bridgehead atoms. The molecule has 0 amide bonds. The molecule has 1 rings (SSSR count). The van der Waals surface area contributed by atoms with E-state index in [2.05, 4.69) is 34.7 Å². The summed E-state index contributed by atoms with van der Waals surface area (Å²) in [4.78, 5) is 0. The van der Waals surface area contributed by atoms with Crippen LogP contribution in [0.5, 0.6) is 0 Å². The van der Waals surface area contributed by atoms with Crippen molar-refractivity contribution in [2.45, 2.75) is 20.0 Å². The first-order valence-electron chi connectivity index (χ1n) is 5.05. The van der Waals surface area contributed by atoms with E-state index in [4.69, 9.17) is 4.74 Å². The molecule has 80 valence electrons. The quantitative estimate of drug-likeness (QED) is 0.576. The van der Waals surface area contributed by atoms with Crippen LogP contribution in [0.15, 0.2) is 46.6 Å². The Labute approximate surface area is 99.6 Å². The van der Waals surface area contributed by atoms with Gasteiger partial charge in [-0.2, -0.15) is 0 Å². The summed E-state index contributed by atoms with van der Waals surface area (Å²) < 4.78 is 6.57. The molecule has 0 atom stereocenters. The van der Waals surface area contributed by atoms with Crippen molar-refractivity contribution in [1.82, 2.24) is 0 Å². The predicted octanol–water partition coefficient (Wildman–Crippen LogP) is 4.09. The molecule has 0 aliphatic carbocycles. The molecule has 0 spiro atoms. The van der Waals surface area contributed by atoms with Crippen molar-refractivity contribution in [3.8, 4) is 0 Å². The van der Waals surface area contributed by atoms with E-state index < -0.39 is 0 Å². The van der Waals surface area contributed by atoms with Gasteiger partial charge in [0.2, 0.25) is 0 Å². The second-order valence-electron chi connectivity index (χ2n) is 3.09. The highest BCUT2D eigenvalue weighted by Crippen LogP contribution is 2.16. The number of ether oxygens (including phenoxy) is 1. The van der Waals surface area contributed by atoms with E-state index >= 15 is 0 Å². The number of halogens is 1. The van der Waals surface area contributed by atoms with Gasteiger partial charge in [-0.25, -0.2) is 0 Å². The van der Waals surface area contributed by atoms with E-state index in [1.165, 1.54) is 5.56 Å². The minimum atomic E-state index is 0.609. The van der Waals surface area contributed by atoms with Crippen LogP contribution in [0.2, 0.25) is 0 Å². The normalized spacial score (nSPS) is 9.47. The van der Waals surface area contributed by atoms with Crippen LogP contribution < -0.4 is 0 Å². The molecule has 0 saturated heterocycles. The van der Waals surface area contributed by atoms with Gasteiger partial charge in [-0.15, -0.1) is 5.73 Å². The third-order valence-electron chi connectivity index (χ3n) is 1.86. The van der Waals surface area contributed by atoms with Crippen LogP contribution in [0.1, 0.15) is 18.9 Å². The zero-order valence-electron chi connectivity index (χ0n) is 8.87. The van der Waals surface area contributed by atoms with Gasteiger partial charge in [0.05, 0.1) is 13.2 Å². The van der Waals surface area contributed by atoms with Gasteiger partial charge in [0.1, 0.15) is 0 Å². The SMILES string of the molecule is CCC=C=CCOCc1ccccc1Br. The molecule has 2 heteroatoms. The summed E-state index contributed by atoms with van der Waals surface area (Å²) in [5.74, 6) is 0. The average molecular weight is 267 g/mol. The summed E-state index contributed by atoms with van der Waals surface area (Å²) in [7, 11) is 0. The molecule has 0 aromatic heterocycles. The number of hydrogen-bond donors (Lipinski definition) is 0. The van der Waals surface area contributed by atoms with Crippen molar-refractivity contribution in [3.63, 3.8) is 0 Å². The fourth-order valence-electron chi connectivity index (χ4n) is 1.09. The maximum atomic E-state index is 5.48. The number of rotatable bonds is 5. The molecule has 0 N–H and O–H groups in total. The van der Waals surface area contributed by atoms with Gasteiger partial charge in [-0.1, -0.05) is 41.1 Å². The molecule has 0 aliphatic heterocycles. The summed E-state index contributed by atoms with van der Waals surface area (Å²) in [6, 6.07) is 8.08. The van der Waals surface area contributed by atoms with E-state index in [0.717, 1.165) is 10.9 Å². The van der Waals surface area contributed by atoms with Gasteiger partial charge < -0.3 is 4.74 Å². The Morgan fingerprint density at radius 1 is 1.33 bits per heavy atom. The zero-order valence-corrected chi connectivity index (χ0v) is 10.5. The minimum Gasteiger partial charge on any atom is -0.372 e. The fourth-order valence-corrected chi connectivity index (χ4v) is 1.49. The summed E-state index contributed by atoms with van der Waals surface area (Å²) in [5.41, 5.74) is 4.22. The first-order valence-corrected chi connectivity index (χ1v) is 5.84. The van der Waals surface area contributed by atoms with Gasteiger partial charge in [-0.05, 0) is 30.2 Å². The Bertz CT molecular complexity index is 351. The Kier molecular flexibility index (Phi) is 6.10. The molecular weight excluding hydrogens is 252 g/mol. The van der Waals surface area contributed by atoms with Gasteiger partial charge >= 0.3 is 0 Å². The van der Waals surface area contributed by atoms with E-state index in [1.807, 2.05) is 30.4 Å². The van der Waals surface area contributed by atoms with Crippen LogP contribution in [0, 0.1) is 0 Å². The highest BCUT2D eigenvalue weighted by Gasteiger charge is 1.96. The van der Waals surface area contributed by atoms with Crippen molar-refractivity contribution < 1.29 is 4.74 Å². The lowest BCUT2D eigenvalue weighted by atomic mass is 10.2. The second kappa shape index (κ2) is 7.47. The highest BCUT2D eigenvalue weighted by atomic mass is 79.9. The van der Waals surface area contributed by atoms with Crippen LogP contribution in [0.25, 0.3) is 0 Å². The standard InChI is InChI=1S/C13H15BrO/c1-2-3-4-7-10-15-11-12-8-5-6-9-13(12)14/h3,5-9H,2,10-11H2,1H3. The summed E-state index contributed by atoms with van der Waals surface area (Å²) in [6.07, 6.45) is 4.91. The van der Waals surface area contributed by atoms with Crippen LogP contribution in [-0.2, 0) is 11.3 Å². The highest BCUT2D eigenvalue weighted by molar-refractivity contribution is 9.10. The second-order valence-corrected chi connectivity index (χ2v) is 3.94. The lowest BCUT2D eigenvalue weighted by molar-refractivity contribution is 0.148. The maximum Gasteiger partial charge on any atom is 0.0732 e. The number of hydrogen-bond acceptors (Lipinski definition) is 1. The van der Waals surface area contributed by atoms with Crippen molar-refractivity contribution in [2.24, 2.45) is 0 Å². The monoisotopic (exact) mass is 266 g/mol. The van der Waals surface area contributed by atoms with Crippen molar-refractivity contribution in [2.75, 3.05) is 6.61 Å². The van der Waals surface area contributed by atoms with E-state index in [0.29, 0.717) is 13.2 Å². The van der Waals surface area contributed by atoms with E-state index in [9.17, 15) is 0 Å².